The minimum absolute atomic E-state index is 0. The van der Waals surface area contributed by atoms with Crippen molar-refractivity contribution < 1.29 is 4.79 Å². The summed E-state index contributed by atoms with van der Waals surface area (Å²) in [6, 6.07) is 8.44. The molecule has 4 heteroatoms. The van der Waals surface area contributed by atoms with Crippen molar-refractivity contribution in [1.29, 1.82) is 0 Å². The highest BCUT2D eigenvalue weighted by molar-refractivity contribution is 5.85. The van der Waals surface area contributed by atoms with Crippen molar-refractivity contribution in [3.63, 3.8) is 0 Å². The number of halogens is 1. The van der Waals surface area contributed by atoms with Crippen LogP contribution in [0.1, 0.15) is 51.2 Å². The van der Waals surface area contributed by atoms with Gasteiger partial charge in [-0.25, -0.2) is 0 Å². The summed E-state index contributed by atoms with van der Waals surface area (Å²) < 4.78 is 0. The van der Waals surface area contributed by atoms with Gasteiger partial charge in [0.15, 0.2) is 0 Å². The third kappa shape index (κ3) is 5.78. The van der Waals surface area contributed by atoms with Gasteiger partial charge in [-0.1, -0.05) is 45.0 Å². The van der Waals surface area contributed by atoms with Crippen molar-refractivity contribution in [3.05, 3.63) is 35.4 Å². The fourth-order valence-electron chi connectivity index (χ4n) is 3.64. The fraction of sp³-hybridized carbons (Fsp3) is 0.650. The van der Waals surface area contributed by atoms with Crippen LogP contribution in [-0.4, -0.2) is 25.5 Å². The van der Waals surface area contributed by atoms with Crippen LogP contribution in [0.5, 0.6) is 0 Å². The van der Waals surface area contributed by atoms with E-state index in [0.717, 1.165) is 13.1 Å². The lowest BCUT2D eigenvalue weighted by molar-refractivity contribution is -0.122. The summed E-state index contributed by atoms with van der Waals surface area (Å²) in [5.74, 6) is 1.27. The number of hydrogen-bond acceptors (Lipinski definition) is 2. The van der Waals surface area contributed by atoms with Gasteiger partial charge in [-0.3, -0.25) is 4.79 Å². The average Bonchev–Trinajstić information content (AvgIpc) is 2.54. The number of carbonyl (C=O) groups excluding carboxylic acids is 1. The third-order valence-corrected chi connectivity index (χ3v) is 5.25. The molecule has 1 heterocycles. The SMILES string of the molecule is Cc1ccccc1C(C)(C)CNC(=O)CC(C)C1CCCNC1.Cl. The molecule has 2 atom stereocenters. The van der Waals surface area contributed by atoms with Crippen LogP contribution in [0.4, 0.5) is 0 Å². The van der Waals surface area contributed by atoms with Crippen LogP contribution < -0.4 is 10.6 Å². The maximum Gasteiger partial charge on any atom is 0.220 e. The van der Waals surface area contributed by atoms with Gasteiger partial charge in [0.25, 0.3) is 0 Å². The zero-order chi connectivity index (χ0) is 16.9. The molecule has 0 saturated carbocycles. The summed E-state index contributed by atoms with van der Waals surface area (Å²) in [5, 5.41) is 6.60. The van der Waals surface area contributed by atoms with E-state index < -0.39 is 0 Å². The van der Waals surface area contributed by atoms with Crippen LogP contribution in [0, 0.1) is 18.8 Å². The van der Waals surface area contributed by atoms with E-state index in [-0.39, 0.29) is 23.7 Å². The predicted octanol–water partition coefficient (Wildman–Crippen LogP) is 3.84. The van der Waals surface area contributed by atoms with Gasteiger partial charge in [0, 0.05) is 18.4 Å². The largest absolute Gasteiger partial charge is 0.355 e. The monoisotopic (exact) mass is 352 g/mol. The summed E-state index contributed by atoms with van der Waals surface area (Å²) in [5.41, 5.74) is 2.55. The quantitative estimate of drug-likeness (QED) is 0.816. The van der Waals surface area contributed by atoms with Crippen molar-refractivity contribution in [2.45, 2.75) is 52.4 Å². The molecular formula is C20H33ClN2O. The van der Waals surface area contributed by atoms with Crippen LogP contribution in [0.3, 0.4) is 0 Å². The van der Waals surface area contributed by atoms with E-state index in [4.69, 9.17) is 0 Å². The lowest BCUT2D eigenvalue weighted by atomic mass is 9.81. The van der Waals surface area contributed by atoms with E-state index in [0.29, 0.717) is 24.8 Å². The number of rotatable bonds is 6. The Bertz CT molecular complexity index is 524. The van der Waals surface area contributed by atoms with Gasteiger partial charge in [0.1, 0.15) is 0 Å². The first-order valence-electron chi connectivity index (χ1n) is 8.93. The smallest absolute Gasteiger partial charge is 0.220 e. The lowest BCUT2D eigenvalue weighted by Crippen LogP contribution is -2.39. The van der Waals surface area contributed by atoms with Gasteiger partial charge < -0.3 is 10.6 Å². The number of nitrogens with one attached hydrogen (secondary N) is 2. The second-order valence-electron chi connectivity index (χ2n) is 7.76. The Hall–Kier alpha value is -1.06. The number of aryl methyl sites for hydroxylation is 1. The molecule has 0 aromatic heterocycles. The molecule has 1 aromatic rings. The summed E-state index contributed by atoms with van der Waals surface area (Å²) in [4.78, 5) is 12.3. The lowest BCUT2D eigenvalue weighted by Gasteiger charge is -2.30. The first-order chi connectivity index (χ1) is 10.9. The highest BCUT2D eigenvalue weighted by atomic mass is 35.5. The van der Waals surface area contributed by atoms with Crippen molar-refractivity contribution >= 4 is 18.3 Å². The van der Waals surface area contributed by atoms with Crippen LogP contribution in [0.2, 0.25) is 0 Å². The molecule has 1 saturated heterocycles. The van der Waals surface area contributed by atoms with E-state index in [2.05, 4.69) is 62.6 Å². The van der Waals surface area contributed by atoms with Crippen molar-refractivity contribution in [2.75, 3.05) is 19.6 Å². The molecule has 1 amide bonds. The molecule has 0 spiro atoms. The summed E-state index contributed by atoms with van der Waals surface area (Å²) in [6.07, 6.45) is 3.11. The second kappa shape index (κ2) is 9.43. The molecule has 1 aliphatic heterocycles. The number of piperidine rings is 1. The molecule has 24 heavy (non-hydrogen) atoms. The Kier molecular flexibility index (Phi) is 8.24. The van der Waals surface area contributed by atoms with Gasteiger partial charge in [0.05, 0.1) is 0 Å². The van der Waals surface area contributed by atoms with E-state index in [1.807, 2.05) is 0 Å². The number of benzene rings is 1. The minimum Gasteiger partial charge on any atom is -0.355 e. The van der Waals surface area contributed by atoms with E-state index in [1.54, 1.807) is 0 Å². The molecule has 1 aliphatic rings. The van der Waals surface area contributed by atoms with Gasteiger partial charge >= 0.3 is 0 Å². The molecule has 1 fully saturated rings. The van der Waals surface area contributed by atoms with Crippen molar-refractivity contribution in [3.8, 4) is 0 Å². The van der Waals surface area contributed by atoms with Crippen LogP contribution >= 0.6 is 12.4 Å². The normalized spacial score (nSPS) is 19.2. The molecule has 3 nitrogen and oxygen atoms in total. The summed E-state index contributed by atoms with van der Waals surface area (Å²) >= 11 is 0. The second-order valence-corrected chi connectivity index (χ2v) is 7.76. The summed E-state index contributed by atoms with van der Waals surface area (Å²) in [7, 11) is 0. The summed E-state index contributed by atoms with van der Waals surface area (Å²) in [6.45, 7) is 11.6. The first kappa shape index (κ1) is 21.0. The molecule has 2 rings (SSSR count). The Morgan fingerprint density at radius 1 is 1.38 bits per heavy atom. The topological polar surface area (TPSA) is 41.1 Å². The average molecular weight is 353 g/mol. The Balaban J connectivity index is 0.00000288. The Morgan fingerprint density at radius 3 is 2.71 bits per heavy atom. The van der Waals surface area contributed by atoms with Crippen molar-refractivity contribution in [2.24, 2.45) is 11.8 Å². The van der Waals surface area contributed by atoms with Crippen LogP contribution in [0.15, 0.2) is 24.3 Å². The number of hydrogen-bond donors (Lipinski definition) is 2. The minimum atomic E-state index is -0.0450. The molecule has 0 radical (unpaired) electrons. The predicted molar refractivity (Wildman–Crippen MR) is 104 cm³/mol. The van der Waals surface area contributed by atoms with Gasteiger partial charge in [-0.05, 0) is 55.8 Å². The molecular weight excluding hydrogens is 320 g/mol. The maximum absolute atomic E-state index is 12.3. The zero-order valence-corrected chi connectivity index (χ0v) is 16.3. The molecule has 1 aromatic carbocycles. The Labute approximate surface area is 153 Å². The maximum atomic E-state index is 12.3. The molecule has 0 aliphatic carbocycles. The molecule has 0 bridgehead atoms. The van der Waals surface area contributed by atoms with Crippen LogP contribution in [0.25, 0.3) is 0 Å². The van der Waals surface area contributed by atoms with E-state index in [9.17, 15) is 4.79 Å². The van der Waals surface area contributed by atoms with E-state index >= 15 is 0 Å². The molecule has 136 valence electrons. The van der Waals surface area contributed by atoms with Gasteiger partial charge in [0.2, 0.25) is 5.91 Å². The zero-order valence-electron chi connectivity index (χ0n) is 15.5. The highest BCUT2D eigenvalue weighted by Crippen LogP contribution is 2.26. The molecule has 2 unspecified atom stereocenters. The fourth-order valence-corrected chi connectivity index (χ4v) is 3.64. The highest BCUT2D eigenvalue weighted by Gasteiger charge is 2.25. The van der Waals surface area contributed by atoms with Crippen molar-refractivity contribution in [1.82, 2.24) is 10.6 Å². The number of carbonyl (C=O) groups is 1. The molecule has 2 N–H and O–H groups in total. The van der Waals surface area contributed by atoms with Crippen LogP contribution in [-0.2, 0) is 10.2 Å². The van der Waals surface area contributed by atoms with Gasteiger partial charge in [-0.2, -0.15) is 0 Å². The standard InChI is InChI=1S/C20H32N2O.ClH/c1-15-8-5-6-10-18(15)20(3,4)14-22-19(23)12-16(2)17-9-7-11-21-13-17;/h5-6,8,10,16-17,21H,7,9,11-14H2,1-4H3,(H,22,23);1H. The van der Waals surface area contributed by atoms with Gasteiger partial charge in [-0.15, -0.1) is 12.4 Å². The third-order valence-electron chi connectivity index (χ3n) is 5.25. The first-order valence-corrected chi connectivity index (χ1v) is 8.93. The van der Waals surface area contributed by atoms with E-state index in [1.165, 1.54) is 24.0 Å². The Morgan fingerprint density at radius 2 is 2.08 bits per heavy atom. The number of amides is 1.